The summed E-state index contributed by atoms with van der Waals surface area (Å²) in [6.45, 7) is 0. The van der Waals surface area contributed by atoms with E-state index in [1.807, 2.05) is 0 Å². The summed E-state index contributed by atoms with van der Waals surface area (Å²) in [7, 11) is 0. The number of carbonyl (C=O) groups excluding carboxylic acids is 1. The standard InChI is InChI=1S/C11H8O4S/c1-16-11(14)8-4-6-2-3-7(12)5-9(6)15-10(8)13/h2-5,12H,1H3/p-1. The zero-order valence-electron chi connectivity index (χ0n) is 8.35. The van der Waals surface area contributed by atoms with Crippen LogP contribution >= 0.6 is 11.8 Å². The van der Waals surface area contributed by atoms with Gasteiger partial charge in [-0.15, -0.1) is 5.75 Å². The minimum atomic E-state index is -0.711. The van der Waals surface area contributed by atoms with Crippen molar-refractivity contribution < 1.29 is 14.3 Å². The molecule has 2 rings (SSSR count). The molecule has 16 heavy (non-hydrogen) atoms. The zero-order valence-corrected chi connectivity index (χ0v) is 9.17. The fourth-order valence-electron chi connectivity index (χ4n) is 1.34. The second kappa shape index (κ2) is 4.02. The van der Waals surface area contributed by atoms with Crippen molar-refractivity contribution in [1.82, 2.24) is 0 Å². The van der Waals surface area contributed by atoms with Crippen molar-refractivity contribution in [2.75, 3.05) is 6.26 Å². The third-order valence-corrected chi connectivity index (χ3v) is 2.70. The highest BCUT2D eigenvalue weighted by atomic mass is 32.2. The maximum atomic E-state index is 11.4. The lowest BCUT2D eigenvalue weighted by Gasteiger charge is -2.05. The smallest absolute Gasteiger partial charge is 0.348 e. The van der Waals surface area contributed by atoms with Crippen molar-refractivity contribution in [3.8, 4) is 5.75 Å². The van der Waals surface area contributed by atoms with E-state index in [4.69, 9.17) is 4.42 Å². The van der Waals surface area contributed by atoms with Gasteiger partial charge in [0.05, 0.1) is 0 Å². The molecule has 0 saturated heterocycles. The molecule has 0 N–H and O–H groups in total. The van der Waals surface area contributed by atoms with Crippen LogP contribution in [0.25, 0.3) is 11.0 Å². The van der Waals surface area contributed by atoms with Gasteiger partial charge in [0.25, 0.3) is 0 Å². The van der Waals surface area contributed by atoms with E-state index in [-0.39, 0.29) is 22.0 Å². The molecule has 0 amide bonds. The van der Waals surface area contributed by atoms with E-state index < -0.39 is 5.63 Å². The van der Waals surface area contributed by atoms with Gasteiger partial charge in [-0.05, 0) is 18.4 Å². The molecule has 4 nitrogen and oxygen atoms in total. The van der Waals surface area contributed by atoms with Gasteiger partial charge in [0, 0.05) is 5.39 Å². The molecule has 0 saturated carbocycles. The number of benzene rings is 1. The van der Waals surface area contributed by atoms with Crippen LogP contribution < -0.4 is 10.7 Å². The molecule has 0 spiro atoms. The number of thioether (sulfide) groups is 1. The van der Waals surface area contributed by atoms with Gasteiger partial charge < -0.3 is 9.52 Å². The molecule has 1 heterocycles. The Balaban J connectivity index is 2.72. The monoisotopic (exact) mass is 235 g/mol. The Morgan fingerprint density at radius 3 is 2.81 bits per heavy atom. The minimum absolute atomic E-state index is 0.00125. The summed E-state index contributed by atoms with van der Waals surface area (Å²) in [5.74, 6) is -0.236. The van der Waals surface area contributed by atoms with E-state index in [0.717, 1.165) is 11.8 Å². The molecule has 2 aromatic rings. The quantitative estimate of drug-likeness (QED) is 0.698. The van der Waals surface area contributed by atoms with E-state index in [1.165, 1.54) is 24.3 Å². The second-order valence-corrected chi connectivity index (χ2v) is 3.92. The lowest BCUT2D eigenvalue weighted by atomic mass is 10.2. The number of rotatable bonds is 1. The average Bonchev–Trinajstić information content (AvgIpc) is 2.27. The topological polar surface area (TPSA) is 70.3 Å². The van der Waals surface area contributed by atoms with E-state index in [1.54, 1.807) is 6.26 Å². The van der Waals surface area contributed by atoms with E-state index >= 15 is 0 Å². The van der Waals surface area contributed by atoms with Crippen LogP contribution in [-0.4, -0.2) is 11.4 Å². The van der Waals surface area contributed by atoms with Gasteiger partial charge in [-0.2, -0.15) is 0 Å². The molecule has 82 valence electrons. The summed E-state index contributed by atoms with van der Waals surface area (Å²) in [5, 5.41) is 11.3. The van der Waals surface area contributed by atoms with Crippen molar-refractivity contribution in [3.05, 3.63) is 40.2 Å². The van der Waals surface area contributed by atoms with E-state index in [0.29, 0.717) is 5.39 Å². The van der Waals surface area contributed by atoms with Gasteiger partial charge in [-0.25, -0.2) is 4.79 Å². The fraction of sp³-hybridized carbons (Fsp3) is 0.0909. The van der Waals surface area contributed by atoms with Crippen LogP contribution in [0.4, 0.5) is 0 Å². The van der Waals surface area contributed by atoms with Crippen molar-refractivity contribution in [3.63, 3.8) is 0 Å². The molecule has 1 aromatic carbocycles. The van der Waals surface area contributed by atoms with Gasteiger partial charge in [-0.3, -0.25) is 4.79 Å². The molecule has 0 bridgehead atoms. The Morgan fingerprint density at radius 1 is 1.38 bits per heavy atom. The highest BCUT2D eigenvalue weighted by molar-refractivity contribution is 8.13. The van der Waals surface area contributed by atoms with Crippen LogP contribution in [0.2, 0.25) is 0 Å². The normalized spacial score (nSPS) is 10.6. The molecule has 0 aliphatic heterocycles. The van der Waals surface area contributed by atoms with Crippen molar-refractivity contribution >= 4 is 27.8 Å². The summed E-state index contributed by atoms with van der Waals surface area (Å²) < 4.78 is 4.91. The SMILES string of the molecule is CSC(=O)c1cc2ccc([O-])cc2oc1=O. The third kappa shape index (κ3) is 1.81. The largest absolute Gasteiger partial charge is 0.872 e. The summed E-state index contributed by atoms with van der Waals surface area (Å²) in [4.78, 5) is 22.8. The van der Waals surface area contributed by atoms with Gasteiger partial charge in [0.15, 0.2) is 0 Å². The zero-order chi connectivity index (χ0) is 11.7. The highest BCUT2D eigenvalue weighted by Crippen LogP contribution is 2.18. The van der Waals surface area contributed by atoms with E-state index in [2.05, 4.69) is 0 Å². The summed E-state index contributed by atoms with van der Waals surface area (Å²) in [5.41, 5.74) is -0.508. The first kappa shape index (κ1) is 10.8. The number of carbonyl (C=O) groups is 1. The van der Waals surface area contributed by atoms with Crippen LogP contribution in [0.3, 0.4) is 0 Å². The lowest BCUT2D eigenvalue weighted by Crippen LogP contribution is -2.11. The minimum Gasteiger partial charge on any atom is -0.872 e. The summed E-state index contributed by atoms with van der Waals surface area (Å²) >= 11 is 0.943. The Kier molecular flexibility index (Phi) is 2.70. The van der Waals surface area contributed by atoms with Crippen LogP contribution in [0, 0.1) is 0 Å². The second-order valence-electron chi connectivity index (χ2n) is 3.14. The number of hydrogen-bond donors (Lipinski definition) is 0. The fourth-order valence-corrected chi connectivity index (χ4v) is 1.71. The van der Waals surface area contributed by atoms with Gasteiger partial charge >= 0.3 is 5.63 Å². The first-order chi connectivity index (χ1) is 7.61. The maximum absolute atomic E-state index is 11.4. The van der Waals surface area contributed by atoms with Gasteiger partial charge in [0.1, 0.15) is 11.1 Å². The van der Waals surface area contributed by atoms with Crippen molar-refractivity contribution in [2.24, 2.45) is 0 Å². The van der Waals surface area contributed by atoms with E-state index in [9.17, 15) is 14.7 Å². The van der Waals surface area contributed by atoms with Gasteiger partial charge in [-0.1, -0.05) is 23.9 Å². The van der Waals surface area contributed by atoms with Gasteiger partial charge in [0.2, 0.25) is 5.12 Å². The molecule has 0 aliphatic carbocycles. The molecular formula is C11H7O4S-. The highest BCUT2D eigenvalue weighted by Gasteiger charge is 2.11. The van der Waals surface area contributed by atoms with Crippen LogP contribution in [-0.2, 0) is 0 Å². The van der Waals surface area contributed by atoms with Crippen LogP contribution in [0.1, 0.15) is 10.4 Å². The van der Waals surface area contributed by atoms with Crippen molar-refractivity contribution in [2.45, 2.75) is 0 Å². The Morgan fingerprint density at radius 2 is 2.12 bits per heavy atom. The molecule has 0 fully saturated rings. The molecule has 1 aromatic heterocycles. The molecule has 0 radical (unpaired) electrons. The average molecular weight is 235 g/mol. The predicted molar refractivity (Wildman–Crippen MR) is 59.8 cm³/mol. The van der Waals surface area contributed by atoms with Crippen molar-refractivity contribution in [1.29, 1.82) is 0 Å². The maximum Gasteiger partial charge on any atom is 0.348 e. The molecular weight excluding hydrogens is 228 g/mol. The van der Waals surface area contributed by atoms with Crippen LogP contribution in [0.5, 0.6) is 5.75 Å². The Labute approximate surface area is 94.9 Å². The first-order valence-electron chi connectivity index (χ1n) is 4.45. The van der Waals surface area contributed by atoms with Crippen LogP contribution in [0.15, 0.2) is 33.5 Å². The predicted octanol–water partition coefficient (Wildman–Crippen LogP) is 1.37. The summed E-state index contributed by atoms with van der Waals surface area (Å²) in [6, 6.07) is 5.55. The molecule has 5 heteroatoms. The Hall–Kier alpha value is -1.75. The number of hydrogen-bond acceptors (Lipinski definition) is 5. The molecule has 0 unspecified atom stereocenters. The summed E-state index contributed by atoms with van der Waals surface area (Å²) in [6.07, 6.45) is 1.59. The lowest BCUT2D eigenvalue weighted by molar-refractivity contribution is -0.268. The molecule has 0 atom stereocenters. The first-order valence-corrected chi connectivity index (χ1v) is 5.67. The molecule has 0 aliphatic rings. The Bertz CT molecular complexity index is 615. The number of fused-ring (bicyclic) bond motifs is 1. The third-order valence-electron chi connectivity index (χ3n) is 2.11.